The second-order valence-corrected chi connectivity index (χ2v) is 18.5. The van der Waals surface area contributed by atoms with Crippen LogP contribution in [0.4, 0.5) is 0 Å². The van der Waals surface area contributed by atoms with Crippen molar-refractivity contribution in [3.05, 3.63) is 108 Å². The van der Waals surface area contributed by atoms with Crippen molar-refractivity contribution in [3.8, 4) is 0 Å². The molecule has 0 N–H and O–H groups in total. The first kappa shape index (κ1) is 28.1. The lowest BCUT2D eigenvalue weighted by atomic mass is 9.94. The molecule has 40 heavy (non-hydrogen) atoms. The van der Waals surface area contributed by atoms with Crippen LogP contribution in [0.25, 0.3) is 0 Å². The van der Waals surface area contributed by atoms with E-state index in [0.717, 1.165) is 22.5 Å². The van der Waals surface area contributed by atoms with Gasteiger partial charge >= 0.3 is 8.32 Å². The fraction of sp³-hybridized carbons (Fsp3) is 0.312. The molecule has 0 aliphatic carbocycles. The molecule has 0 saturated heterocycles. The predicted molar refractivity (Wildman–Crippen MR) is 166 cm³/mol. The van der Waals surface area contributed by atoms with Gasteiger partial charge in [-0.1, -0.05) is 133 Å². The Bertz CT molecular complexity index is 1440. The molecule has 0 radical (unpaired) electrons. The highest BCUT2D eigenvalue weighted by Crippen LogP contribution is 2.65. The van der Waals surface area contributed by atoms with E-state index in [-0.39, 0.29) is 16.7 Å². The third kappa shape index (κ3) is 4.86. The third-order valence-electron chi connectivity index (χ3n) is 7.27. The molecule has 0 unspecified atom stereocenters. The van der Waals surface area contributed by atoms with Crippen molar-refractivity contribution in [3.63, 3.8) is 0 Å². The Morgan fingerprint density at radius 1 is 0.825 bits per heavy atom. The van der Waals surface area contributed by atoms with E-state index >= 15 is 0 Å². The molecule has 2 heterocycles. The fourth-order valence-corrected chi connectivity index (χ4v) is 12.6. The Hall–Kier alpha value is -3.41. The van der Waals surface area contributed by atoms with E-state index < -0.39 is 21.8 Å². The molecule has 6 nitrogen and oxygen atoms in total. The summed E-state index contributed by atoms with van der Waals surface area (Å²) in [6.45, 7) is 14.8. The summed E-state index contributed by atoms with van der Waals surface area (Å²) in [5, 5.41) is 16.5. The zero-order valence-electron chi connectivity index (χ0n) is 24.3. The summed E-state index contributed by atoms with van der Waals surface area (Å²) in [7, 11) is -4.28. The molecule has 1 amide bonds. The summed E-state index contributed by atoms with van der Waals surface area (Å²) in [6, 6.07) is 31.1. The number of nitrogens with zero attached hydrogens (tertiary/aromatic N) is 4. The summed E-state index contributed by atoms with van der Waals surface area (Å²) in [5.41, 5.74) is 2.07. The molecule has 2 aliphatic rings. The average Bonchev–Trinajstić information content (AvgIpc) is 3.50. The van der Waals surface area contributed by atoms with Crippen LogP contribution in [0, 0.1) is 5.41 Å². The Balaban J connectivity index is 1.73. The summed E-state index contributed by atoms with van der Waals surface area (Å²) in [4.78, 5) is 13.0. The summed E-state index contributed by atoms with van der Waals surface area (Å²) in [6.07, 6.45) is 0. The molecule has 3 aromatic carbocycles. The molecule has 0 bridgehead atoms. The van der Waals surface area contributed by atoms with Crippen molar-refractivity contribution < 1.29 is 9.22 Å². The topological polar surface area (TPSA) is 66.6 Å². The summed E-state index contributed by atoms with van der Waals surface area (Å²) in [5.74, 6) is 0.344. The monoisotopic (exact) mass is 568 g/mol. The van der Waals surface area contributed by atoms with Crippen LogP contribution in [0.5, 0.6) is 0 Å². The van der Waals surface area contributed by atoms with E-state index in [4.69, 9.17) is 19.8 Å². The Morgan fingerprint density at radius 3 is 1.77 bits per heavy atom. The van der Waals surface area contributed by atoms with E-state index in [1.54, 1.807) is 11.7 Å². The van der Waals surface area contributed by atoms with Crippen LogP contribution in [-0.4, -0.2) is 30.5 Å². The SMILES string of the molecule is CC(=O)N1N=C(c2ccccc2)[C@@H]2N=N/C(=C(\O[Si](c3ccccc3)(c3ccccc3)C(C)(C)C)C(C)(C)C)[P@]21. The normalized spacial score (nSPS) is 20.3. The number of rotatable bonds is 5. The molecule has 3 aromatic rings. The van der Waals surface area contributed by atoms with Crippen molar-refractivity contribution in [2.24, 2.45) is 20.7 Å². The van der Waals surface area contributed by atoms with Crippen LogP contribution >= 0.6 is 8.07 Å². The number of fused-ring (bicyclic) bond motifs is 1. The van der Waals surface area contributed by atoms with Gasteiger partial charge in [0.05, 0.1) is 0 Å². The molecule has 0 aromatic heterocycles. The van der Waals surface area contributed by atoms with Crippen LogP contribution < -0.4 is 10.4 Å². The lowest BCUT2D eigenvalue weighted by Crippen LogP contribution is -2.66. The van der Waals surface area contributed by atoms with Crippen molar-refractivity contribution >= 4 is 38.4 Å². The van der Waals surface area contributed by atoms with Gasteiger partial charge in [-0.2, -0.15) is 10.2 Å². The number of amides is 1. The number of allylic oxidation sites excluding steroid dienone is 1. The first-order valence-electron chi connectivity index (χ1n) is 13.6. The molecule has 206 valence electrons. The van der Waals surface area contributed by atoms with Gasteiger partial charge in [0.25, 0.3) is 0 Å². The van der Waals surface area contributed by atoms with Gasteiger partial charge in [-0.15, -0.1) is 5.11 Å². The minimum Gasteiger partial charge on any atom is -0.535 e. The van der Waals surface area contributed by atoms with Crippen LogP contribution in [0.1, 0.15) is 54.0 Å². The minimum absolute atomic E-state index is 0.120. The van der Waals surface area contributed by atoms with Crippen LogP contribution in [0.3, 0.4) is 0 Å². The third-order valence-corrected chi connectivity index (χ3v) is 14.5. The van der Waals surface area contributed by atoms with Gasteiger partial charge in [-0.05, 0) is 15.4 Å². The summed E-state index contributed by atoms with van der Waals surface area (Å²) < 4.78 is 9.20. The highest BCUT2D eigenvalue weighted by molar-refractivity contribution is 7.62. The van der Waals surface area contributed by atoms with Gasteiger partial charge in [0.15, 0.2) is 5.78 Å². The molecule has 0 fully saturated rings. The maximum Gasteiger partial charge on any atom is 0.319 e. The van der Waals surface area contributed by atoms with E-state index in [9.17, 15) is 4.79 Å². The molecular formula is C32H37N4O2PSi. The molecule has 0 saturated carbocycles. The minimum atomic E-state index is -2.95. The number of benzene rings is 3. The quantitative estimate of drug-likeness (QED) is 0.185. The van der Waals surface area contributed by atoms with Crippen molar-refractivity contribution in [2.45, 2.75) is 59.3 Å². The number of hydrazone groups is 1. The number of hydrogen-bond acceptors (Lipinski definition) is 5. The van der Waals surface area contributed by atoms with Crippen molar-refractivity contribution in [1.29, 1.82) is 0 Å². The highest BCUT2D eigenvalue weighted by Gasteiger charge is 2.55. The zero-order valence-corrected chi connectivity index (χ0v) is 26.2. The lowest BCUT2D eigenvalue weighted by molar-refractivity contribution is -0.124. The first-order chi connectivity index (χ1) is 18.9. The van der Waals surface area contributed by atoms with Crippen LogP contribution in [-0.2, 0) is 9.22 Å². The average molecular weight is 569 g/mol. The van der Waals surface area contributed by atoms with Gasteiger partial charge in [0, 0.05) is 17.9 Å². The second-order valence-electron chi connectivity index (χ2n) is 12.3. The Labute approximate surface area is 239 Å². The van der Waals surface area contributed by atoms with Gasteiger partial charge in [0.2, 0.25) is 5.91 Å². The van der Waals surface area contributed by atoms with Gasteiger partial charge in [0.1, 0.15) is 25.0 Å². The number of hydrogen-bond donors (Lipinski definition) is 0. The first-order valence-corrected chi connectivity index (χ1v) is 16.9. The molecule has 8 heteroatoms. The Kier molecular flexibility index (Phi) is 7.40. The Morgan fingerprint density at radius 2 is 1.32 bits per heavy atom. The standard InChI is InChI=1S/C32H37N4O2PSi/c1-23(37)36-35-27(24-17-11-8-12-18-24)29-33-34-30(39(29)36)28(31(2,3)4)38-40(32(5,6)7,25-19-13-9-14-20-25)26-21-15-10-16-22-26/h8-22,29H,1-7H3/b30-28+/t29-,39+/m1/s1. The predicted octanol–water partition coefficient (Wildman–Crippen LogP) is 7.23. The molecule has 5 rings (SSSR count). The maximum atomic E-state index is 13.0. The fourth-order valence-electron chi connectivity index (χ4n) is 5.41. The van der Waals surface area contributed by atoms with E-state index in [0.29, 0.717) is 0 Å². The summed E-state index contributed by atoms with van der Waals surface area (Å²) >= 11 is 0. The number of carbonyl (C=O) groups excluding carboxylic acids is 1. The molecule has 2 aliphatic heterocycles. The molecular weight excluding hydrogens is 531 g/mol. The van der Waals surface area contributed by atoms with Crippen molar-refractivity contribution in [2.75, 3.05) is 0 Å². The van der Waals surface area contributed by atoms with Crippen LogP contribution in [0.15, 0.2) is 118 Å². The molecule has 2 atom stereocenters. The zero-order chi connectivity index (χ0) is 28.7. The smallest absolute Gasteiger partial charge is 0.319 e. The van der Waals surface area contributed by atoms with E-state index in [1.165, 1.54) is 10.4 Å². The number of azo groups is 1. The number of carbonyl (C=O) groups is 1. The molecule has 0 spiro atoms. The van der Waals surface area contributed by atoms with Crippen molar-refractivity contribution in [1.82, 2.24) is 4.78 Å². The van der Waals surface area contributed by atoms with Gasteiger partial charge < -0.3 is 4.43 Å². The van der Waals surface area contributed by atoms with Gasteiger partial charge in [-0.25, -0.2) is 4.78 Å². The van der Waals surface area contributed by atoms with Gasteiger partial charge in [-0.3, -0.25) is 4.79 Å². The van der Waals surface area contributed by atoms with E-state index in [1.807, 2.05) is 42.5 Å². The lowest BCUT2D eigenvalue weighted by Gasteiger charge is -2.45. The van der Waals surface area contributed by atoms with E-state index in [2.05, 4.69) is 90.1 Å². The highest BCUT2D eigenvalue weighted by atomic mass is 31.1. The van der Waals surface area contributed by atoms with Crippen LogP contribution in [0.2, 0.25) is 5.04 Å². The second kappa shape index (κ2) is 10.5. The largest absolute Gasteiger partial charge is 0.535 e. The maximum absolute atomic E-state index is 13.0.